The molecular weight excluding hydrogens is 302 g/mol. The molecule has 118 valence electrons. The molecule has 0 radical (unpaired) electrons. The van der Waals surface area contributed by atoms with Crippen LogP contribution in [0.15, 0.2) is 51.7 Å². The highest BCUT2D eigenvalue weighted by molar-refractivity contribution is 5.93. The van der Waals surface area contributed by atoms with Gasteiger partial charge in [0.2, 0.25) is 5.76 Å². The number of ether oxygens (including phenoxy) is 1. The molecule has 1 aromatic carbocycles. The van der Waals surface area contributed by atoms with Gasteiger partial charge in [0, 0.05) is 12.1 Å². The van der Waals surface area contributed by atoms with Crippen LogP contribution in [-0.4, -0.2) is 35.2 Å². The molecule has 1 N–H and O–H groups in total. The fourth-order valence-electron chi connectivity index (χ4n) is 2.42. The van der Waals surface area contributed by atoms with E-state index in [0.717, 1.165) is 17.7 Å². The van der Waals surface area contributed by atoms with Crippen LogP contribution >= 0.6 is 0 Å². The van der Waals surface area contributed by atoms with Gasteiger partial charge in [-0.3, -0.25) is 9.59 Å². The van der Waals surface area contributed by atoms with Gasteiger partial charge in [0.25, 0.3) is 5.91 Å². The Labute approximate surface area is 130 Å². The first-order valence-corrected chi connectivity index (χ1v) is 6.88. The van der Waals surface area contributed by atoms with Crippen LogP contribution in [0.5, 0.6) is 0 Å². The first kappa shape index (κ1) is 15.0. The van der Waals surface area contributed by atoms with Crippen molar-refractivity contribution in [2.75, 3.05) is 13.3 Å². The lowest BCUT2D eigenvalue weighted by Crippen LogP contribution is -2.32. The van der Waals surface area contributed by atoms with Gasteiger partial charge in [0.15, 0.2) is 11.2 Å². The Balaban J connectivity index is 1.93. The van der Waals surface area contributed by atoms with Gasteiger partial charge in [0.05, 0.1) is 12.6 Å². The van der Waals surface area contributed by atoms with Crippen molar-refractivity contribution in [1.82, 2.24) is 4.90 Å². The van der Waals surface area contributed by atoms with Gasteiger partial charge in [-0.05, 0) is 5.56 Å². The lowest BCUT2D eigenvalue weighted by Gasteiger charge is -2.22. The Hall–Kier alpha value is -2.93. The second-order valence-corrected chi connectivity index (χ2v) is 5.03. The van der Waals surface area contributed by atoms with Crippen LogP contribution in [0.25, 0.3) is 0 Å². The third-order valence-corrected chi connectivity index (χ3v) is 3.52. The first-order valence-electron chi connectivity index (χ1n) is 6.88. The highest BCUT2D eigenvalue weighted by atomic mass is 16.5. The molecule has 0 aliphatic carbocycles. The fourth-order valence-corrected chi connectivity index (χ4v) is 2.42. The fraction of sp³-hybridized carbons (Fsp3) is 0.188. The molecule has 7 heteroatoms. The quantitative estimate of drug-likeness (QED) is 0.922. The maximum Gasteiger partial charge on any atom is 0.371 e. The number of benzene rings is 1. The largest absolute Gasteiger partial charge is 0.475 e. The minimum atomic E-state index is -1.41. The minimum absolute atomic E-state index is 0.0411. The third-order valence-electron chi connectivity index (χ3n) is 3.52. The van der Waals surface area contributed by atoms with Gasteiger partial charge in [0.1, 0.15) is 6.73 Å². The Morgan fingerprint density at radius 2 is 1.83 bits per heavy atom. The standard InChI is InChI=1S/C16H13NO6/c18-11-6-13(23-14(7-11)16(20)21)15(19)17-9-22-8-12(17)10-4-2-1-3-5-10/h1-7,12H,8-9H2,(H,20,21). The zero-order chi connectivity index (χ0) is 16.4. The number of carboxylic acid groups (broad SMARTS) is 1. The molecule has 1 fully saturated rings. The van der Waals surface area contributed by atoms with Crippen LogP contribution in [0.4, 0.5) is 0 Å². The molecule has 1 atom stereocenters. The van der Waals surface area contributed by atoms with E-state index in [2.05, 4.69) is 0 Å². The number of hydrogen-bond acceptors (Lipinski definition) is 5. The maximum atomic E-state index is 12.6. The summed E-state index contributed by atoms with van der Waals surface area (Å²) in [6, 6.07) is 10.8. The van der Waals surface area contributed by atoms with Crippen molar-refractivity contribution in [3.8, 4) is 0 Å². The number of amides is 1. The van der Waals surface area contributed by atoms with Crippen molar-refractivity contribution in [3.05, 3.63) is 69.8 Å². The molecule has 0 spiro atoms. The Morgan fingerprint density at radius 3 is 2.52 bits per heavy atom. The van der Waals surface area contributed by atoms with Gasteiger partial charge in [-0.1, -0.05) is 30.3 Å². The summed E-state index contributed by atoms with van der Waals surface area (Å²) in [4.78, 5) is 36.5. The summed E-state index contributed by atoms with van der Waals surface area (Å²) in [5.74, 6) is -2.89. The van der Waals surface area contributed by atoms with Crippen LogP contribution in [0.3, 0.4) is 0 Å². The van der Waals surface area contributed by atoms with E-state index < -0.39 is 23.1 Å². The van der Waals surface area contributed by atoms with Crippen LogP contribution in [0, 0.1) is 0 Å². The van der Waals surface area contributed by atoms with E-state index in [1.165, 1.54) is 4.90 Å². The highest BCUT2D eigenvalue weighted by Crippen LogP contribution is 2.27. The predicted molar refractivity (Wildman–Crippen MR) is 78.1 cm³/mol. The maximum absolute atomic E-state index is 12.6. The molecule has 1 saturated heterocycles. The molecule has 1 aliphatic rings. The van der Waals surface area contributed by atoms with E-state index >= 15 is 0 Å². The smallest absolute Gasteiger partial charge is 0.371 e. The minimum Gasteiger partial charge on any atom is -0.475 e. The lowest BCUT2D eigenvalue weighted by molar-refractivity contribution is 0.0602. The van der Waals surface area contributed by atoms with Gasteiger partial charge in [-0.15, -0.1) is 0 Å². The van der Waals surface area contributed by atoms with E-state index in [9.17, 15) is 14.4 Å². The van der Waals surface area contributed by atoms with E-state index in [0.29, 0.717) is 6.61 Å². The molecule has 23 heavy (non-hydrogen) atoms. The molecule has 3 rings (SSSR count). The average Bonchev–Trinajstić information content (AvgIpc) is 3.04. The zero-order valence-corrected chi connectivity index (χ0v) is 12.0. The van der Waals surface area contributed by atoms with Gasteiger partial charge >= 0.3 is 5.97 Å². The van der Waals surface area contributed by atoms with Crippen molar-refractivity contribution in [3.63, 3.8) is 0 Å². The topological polar surface area (TPSA) is 97.0 Å². The van der Waals surface area contributed by atoms with Crippen LogP contribution in [-0.2, 0) is 4.74 Å². The molecule has 0 saturated carbocycles. The van der Waals surface area contributed by atoms with Crippen molar-refractivity contribution in [2.24, 2.45) is 0 Å². The van der Waals surface area contributed by atoms with Gasteiger partial charge in [-0.2, -0.15) is 0 Å². The van der Waals surface area contributed by atoms with E-state index in [1.807, 2.05) is 30.3 Å². The molecule has 1 aromatic heterocycles. The van der Waals surface area contributed by atoms with Gasteiger partial charge in [-0.25, -0.2) is 4.79 Å². The molecule has 0 bridgehead atoms. The number of carbonyl (C=O) groups excluding carboxylic acids is 1. The molecule has 2 aromatic rings. The second-order valence-electron chi connectivity index (χ2n) is 5.03. The van der Waals surface area contributed by atoms with Crippen LogP contribution in [0.2, 0.25) is 0 Å². The molecule has 1 aliphatic heterocycles. The number of aromatic carboxylic acids is 1. The monoisotopic (exact) mass is 315 g/mol. The highest BCUT2D eigenvalue weighted by Gasteiger charge is 2.33. The molecule has 7 nitrogen and oxygen atoms in total. The number of carboxylic acids is 1. The van der Waals surface area contributed by atoms with Crippen LogP contribution < -0.4 is 5.43 Å². The predicted octanol–water partition coefficient (Wildman–Crippen LogP) is 1.51. The summed E-state index contributed by atoms with van der Waals surface area (Å²) < 4.78 is 10.4. The first-order chi connectivity index (χ1) is 11.1. The van der Waals surface area contributed by atoms with Crippen molar-refractivity contribution in [2.45, 2.75) is 6.04 Å². The van der Waals surface area contributed by atoms with E-state index in [1.54, 1.807) is 0 Å². The lowest BCUT2D eigenvalue weighted by atomic mass is 10.1. The summed E-state index contributed by atoms with van der Waals surface area (Å²) >= 11 is 0. The molecule has 1 unspecified atom stereocenters. The zero-order valence-electron chi connectivity index (χ0n) is 12.0. The second kappa shape index (κ2) is 6.05. The summed E-state index contributed by atoms with van der Waals surface area (Å²) in [5, 5.41) is 8.93. The third kappa shape index (κ3) is 3.00. The SMILES string of the molecule is O=C(O)c1cc(=O)cc(C(=O)N2COCC2c2ccccc2)o1. The van der Waals surface area contributed by atoms with Crippen molar-refractivity contribution < 1.29 is 23.8 Å². The normalized spacial score (nSPS) is 17.2. The number of carbonyl (C=O) groups is 2. The van der Waals surface area contributed by atoms with Crippen LogP contribution in [0.1, 0.15) is 32.7 Å². The van der Waals surface area contributed by atoms with Crippen molar-refractivity contribution >= 4 is 11.9 Å². The summed E-state index contributed by atoms with van der Waals surface area (Å²) in [6.45, 7) is 0.359. The number of rotatable bonds is 3. The number of hydrogen-bond donors (Lipinski definition) is 1. The molecular formula is C16H13NO6. The Kier molecular flexibility index (Phi) is 3.94. The Bertz CT molecular complexity index is 798. The summed E-state index contributed by atoms with van der Waals surface area (Å²) in [7, 11) is 0. The summed E-state index contributed by atoms with van der Waals surface area (Å²) in [6.07, 6.45) is 0. The van der Waals surface area contributed by atoms with E-state index in [4.69, 9.17) is 14.3 Å². The Morgan fingerprint density at radius 1 is 1.13 bits per heavy atom. The van der Waals surface area contributed by atoms with Crippen molar-refractivity contribution in [1.29, 1.82) is 0 Å². The summed E-state index contributed by atoms with van der Waals surface area (Å²) in [5.41, 5.74) is 0.281. The average molecular weight is 315 g/mol. The van der Waals surface area contributed by atoms with Gasteiger partial charge < -0.3 is 19.2 Å². The molecule has 1 amide bonds. The molecule has 2 heterocycles. The van der Waals surface area contributed by atoms with E-state index in [-0.39, 0.29) is 18.5 Å². The number of nitrogens with zero attached hydrogens (tertiary/aromatic N) is 1.